The lowest BCUT2D eigenvalue weighted by Crippen LogP contribution is -2.41. The van der Waals surface area contributed by atoms with E-state index in [1.165, 1.54) is 5.56 Å². The lowest BCUT2D eigenvalue weighted by atomic mass is 9.71. The maximum Gasteiger partial charge on any atom is 0.0869 e. The first-order valence-corrected chi connectivity index (χ1v) is 6.52. The number of aliphatic hydroxyl groups is 1. The Morgan fingerprint density at radius 2 is 1.71 bits per heavy atom. The quantitative estimate of drug-likeness (QED) is 0.788. The molecule has 0 fully saturated rings. The predicted molar refractivity (Wildman–Crippen MR) is 71.2 cm³/mol. The van der Waals surface area contributed by atoms with Crippen molar-refractivity contribution in [3.8, 4) is 0 Å². The highest BCUT2D eigenvalue weighted by molar-refractivity contribution is 5.26. The van der Waals surface area contributed by atoms with Crippen molar-refractivity contribution in [3.05, 3.63) is 35.9 Å². The largest absolute Gasteiger partial charge is 0.390 e. The second-order valence-electron chi connectivity index (χ2n) is 4.40. The van der Waals surface area contributed by atoms with E-state index in [9.17, 15) is 5.11 Å². The van der Waals surface area contributed by atoms with E-state index in [1.54, 1.807) is 0 Å². The number of rotatable bonds is 7. The van der Waals surface area contributed by atoms with Gasteiger partial charge in [-0.05, 0) is 25.3 Å². The fourth-order valence-electron chi connectivity index (χ4n) is 2.48. The molecule has 0 aliphatic heterocycles. The molecule has 1 aromatic rings. The lowest BCUT2D eigenvalue weighted by Gasteiger charge is -2.37. The number of benzene rings is 1. The van der Waals surface area contributed by atoms with Gasteiger partial charge in [-0.3, -0.25) is 0 Å². The van der Waals surface area contributed by atoms with Crippen LogP contribution in [0, 0.1) is 0 Å². The van der Waals surface area contributed by atoms with Gasteiger partial charge in [0.05, 0.1) is 12.7 Å². The molecular formula is C15H24O2. The maximum atomic E-state index is 10.4. The second-order valence-corrected chi connectivity index (χ2v) is 4.40. The van der Waals surface area contributed by atoms with E-state index in [0.717, 1.165) is 12.8 Å². The molecule has 1 unspecified atom stereocenters. The molecule has 0 radical (unpaired) electrons. The van der Waals surface area contributed by atoms with Gasteiger partial charge in [0, 0.05) is 12.0 Å². The molecule has 0 aromatic heterocycles. The highest BCUT2D eigenvalue weighted by atomic mass is 16.5. The molecule has 0 aliphatic carbocycles. The monoisotopic (exact) mass is 236 g/mol. The van der Waals surface area contributed by atoms with Crippen LogP contribution in [-0.2, 0) is 10.2 Å². The summed E-state index contributed by atoms with van der Waals surface area (Å²) in [5.41, 5.74) is 1.02. The Hall–Kier alpha value is -0.860. The molecule has 1 N–H and O–H groups in total. The Bertz CT molecular complexity index is 304. The molecule has 17 heavy (non-hydrogen) atoms. The van der Waals surface area contributed by atoms with Gasteiger partial charge >= 0.3 is 0 Å². The highest BCUT2D eigenvalue weighted by Gasteiger charge is 2.36. The molecule has 0 saturated carbocycles. The van der Waals surface area contributed by atoms with Crippen LogP contribution in [0.2, 0.25) is 0 Å². The molecule has 0 aliphatic rings. The van der Waals surface area contributed by atoms with Crippen LogP contribution in [0.3, 0.4) is 0 Å². The highest BCUT2D eigenvalue weighted by Crippen LogP contribution is 2.35. The van der Waals surface area contributed by atoms with Crippen molar-refractivity contribution in [2.24, 2.45) is 0 Å². The van der Waals surface area contributed by atoms with Gasteiger partial charge < -0.3 is 9.84 Å². The number of ether oxygens (including phenoxy) is 1. The van der Waals surface area contributed by atoms with Gasteiger partial charge in [0.15, 0.2) is 0 Å². The molecule has 0 bridgehead atoms. The first-order valence-electron chi connectivity index (χ1n) is 6.52. The average Bonchev–Trinajstić information content (AvgIpc) is 2.39. The van der Waals surface area contributed by atoms with E-state index in [0.29, 0.717) is 13.2 Å². The first kappa shape index (κ1) is 14.2. The summed E-state index contributed by atoms with van der Waals surface area (Å²) in [6, 6.07) is 10.3. The topological polar surface area (TPSA) is 29.5 Å². The molecule has 0 spiro atoms. The Morgan fingerprint density at radius 1 is 1.12 bits per heavy atom. The summed E-state index contributed by atoms with van der Waals surface area (Å²) in [6.07, 6.45) is 1.39. The van der Waals surface area contributed by atoms with Gasteiger partial charge in [-0.15, -0.1) is 0 Å². The zero-order chi connectivity index (χ0) is 12.7. The summed E-state index contributed by atoms with van der Waals surface area (Å²) in [7, 11) is 0. The van der Waals surface area contributed by atoms with E-state index in [4.69, 9.17) is 4.74 Å². The smallest absolute Gasteiger partial charge is 0.0869 e. The van der Waals surface area contributed by atoms with Crippen molar-refractivity contribution in [2.45, 2.75) is 45.1 Å². The van der Waals surface area contributed by atoms with E-state index in [-0.39, 0.29) is 5.41 Å². The molecule has 1 atom stereocenters. The zero-order valence-electron chi connectivity index (χ0n) is 11.1. The normalized spacial score (nSPS) is 13.6. The van der Waals surface area contributed by atoms with Gasteiger partial charge in [-0.2, -0.15) is 0 Å². The third-order valence-corrected chi connectivity index (χ3v) is 3.73. The SMILES string of the molecule is CCOCC(O)C(CC)(CC)c1ccccc1. The molecule has 0 saturated heterocycles. The molecule has 2 nitrogen and oxygen atoms in total. The third-order valence-electron chi connectivity index (χ3n) is 3.73. The first-order chi connectivity index (χ1) is 8.21. The van der Waals surface area contributed by atoms with Crippen molar-refractivity contribution >= 4 is 0 Å². The minimum atomic E-state index is -0.445. The zero-order valence-corrected chi connectivity index (χ0v) is 11.1. The summed E-state index contributed by atoms with van der Waals surface area (Å²) >= 11 is 0. The van der Waals surface area contributed by atoms with Gasteiger partial charge in [-0.1, -0.05) is 44.2 Å². The number of hydrogen-bond donors (Lipinski definition) is 1. The van der Waals surface area contributed by atoms with Crippen molar-refractivity contribution in [2.75, 3.05) is 13.2 Å². The minimum Gasteiger partial charge on any atom is -0.390 e. The Labute approximate surface area is 105 Å². The van der Waals surface area contributed by atoms with Crippen molar-refractivity contribution < 1.29 is 9.84 Å². The van der Waals surface area contributed by atoms with Gasteiger partial charge in [0.2, 0.25) is 0 Å². The average molecular weight is 236 g/mol. The predicted octanol–water partition coefficient (Wildman–Crippen LogP) is 3.14. The Morgan fingerprint density at radius 3 is 2.18 bits per heavy atom. The van der Waals surface area contributed by atoms with Crippen molar-refractivity contribution in [1.82, 2.24) is 0 Å². The van der Waals surface area contributed by atoms with Gasteiger partial charge in [0.1, 0.15) is 0 Å². The van der Waals surface area contributed by atoms with Crippen LogP contribution >= 0.6 is 0 Å². The van der Waals surface area contributed by atoms with Crippen LogP contribution in [0.15, 0.2) is 30.3 Å². The number of aliphatic hydroxyl groups excluding tert-OH is 1. The molecular weight excluding hydrogens is 212 g/mol. The molecule has 96 valence electrons. The lowest BCUT2D eigenvalue weighted by molar-refractivity contribution is -0.00944. The van der Waals surface area contributed by atoms with Crippen molar-refractivity contribution in [1.29, 1.82) is 0 Å². The maximum absolute atomic E-state index is 10.4. The molecule has 2 heteroatoms. The summed E-state index contributed by atoms with van der Waals surface area (Å²) in [5, 5.41) is 10.4. The standard InChI is InChI=1S/C15H24O2/c1-4-15(5-2,14(16)12-17-6-3)13-10-8-7-9-11-13/h7-11,14,16H,4-6,12H2,1-3H3. The van der Waals surface area contributed by atoms with Gasteiger partial charge in [-0.25, -0.2) is 0 Å². The van der Waals surface area contributed by atoms with E-state index < -0.39 is 6.10 Å². The van der Waals surface area contributed by atoms with Crippen LogP contribution < -0.4 is 0 Å². The Kier molecular flexibility index (Phi) is 5.66. The summed E-state index contributed by atoms with van der Waals surface area (Å²) in [4.78, 5) is 0. The third kappa shape index (κ3) is 3.08. The molecule has 0 heterocycles. The van der Waals surface area contributed by atoms with E-state index >= 15 is 0 Å². The minimum absolute atomic E-state index is 0.184. The van der Waals surface area contributed by atoms with Crippen molar-refractivity contribution in [3.63, 3.8) is 0 Å². The van der Waals surface area contributed by atoms with E-state index in [1.807, 2.05) is 25.1 Å². The van der Waals surface area contributed by atoms with Crippen LogP contribution in [0.4, 0.5) is 0 Å². The van der Waals surface area contributed by atoms with E-state index in [2.05, 4.69) is 26.0 Å². The molecule has 1 rings (SSSR count). The van der Waals surface area contributed by atoms with Crippen LogP contribution in [0.5, 0.6) is 0 Å². The fourth-order valence-corrected chi connectivity index (χ4v) is 2.48. The summed E-state index contributed by atoms with van der Waals surface area (Å²) in [5.74, 6) is 0. The van der Waals surface area contributed by atoms with Crippen LogP contribution in [-0.4, -0.2) is 24.4 Å². The van der Waals surface area contributed by atoms with Gasteiger partial charge in [0.25, 0.3) is 0 Å². The number of hydrogen-bond acceptors (Lipinski definition) is 2. The second kappa shape index (κ2) is 6.77. The Balaban J connectivity index is 2.96. The molecule has 0 amide bonds. The fraction of sp³-hybridized carbons (Fsp3) is 0.600. The van der Waals surface area contributed by atoms with Crippen LogP contribution in [0.25, 0.3) is 0 Å². The summed E-state index contributed by atoms with van der Waals surface area (Å²) in [6.45, 7) is 7.27. The summed E-state index contributed by atoms with van der Waals surface area (Å²) < 4.78 is 5.38. The van der Waals surface area contributed by atoms with Crippen LogP contribution in [0.1, 0.15) is 39.2 Å². The molecule has 1 aromatic carbocycles.